The fourth-order valence-corrected chi connectivity index (χ4v) is 1.90. The SMILES string of the molecule is O=C(O)Cc1c(Cl)cncc1-c1ccc(F)cc1. The van der Waals surface area contributed by atoms with Gasteiger partial charge in [-0.25, -0.2) is 4.39 Å². The van der Waals surface area contributed by atoms with Crippen molar-refractivity contribution in [1.29, 1.82) is 0 Å². The number of aliphatic carboxylic acids is 1. The molecule has 0 aliphatic heterocycles. The number of hydrogen-bond donors (Lipinski definition) is 1. The number of pyridine rings is 1. The number of halogens is 2. The monoisotopic (exact) mass is 265 g/mol. The molecule has 2 aromatic rings. The number of benzene rings is 1. The van der Waals surface area contributed by atoms with Gasteiger partial charge in [0.1, 0.15) is 5.82 Å². The number of nitrogens with zero attached hydrogens (tertiary/aromatic N) is 1. The van der Waals surface area contributed by atoms with Crippen LogP contribution in [0.3, 0.4) is 0 Å². The van der Waals surface area contributed by atoms with Crippen molar-refractivity contribution < 1.29 is 14.3 Å². The molecular formula is C13H9ClFNO2. The Morgan fingerprint density at radius 1 is 1.28 bits per heavy atom. The van der Waals surface area contributed by atoms with Crippen molar-refractivity contribution >= 4 is 17.6 Å². The van der Waals surface area contributed by atoms with Gasteiger partial charge in [-0.3, -0.25) is 9.78 Å². The van der Waals surface area contributed by atoms with Gasteiger partial charge in [-0.1, -0.05) is 23.7 Å². The maximum absolute atomic E-state index is 12.9. The average Bonchev–Trinajstić information content (AvgIpc) is 2.32. The molecular weight excluding hydrogens is 257 g/mol. The summed E-state index contributed by atoms with van der Waals surface area (Å²) < 4.78 is 12.9. The highest BCUT2D eigenvalue weighted by atomic mass is 35.5. The van der Waals surface area contributed by atoms with Crippen LogP contribution in [0.4, 0.5) is 4.39 Å². The van der Waals surface area contributed by atoms with E-state index in [1.807, 2.05) is 0 Å². The summed E-state index contributed by atoms with van der Waals surface area (Å²) in [5.41, 5.74) is 1.76. The van der Waals surface area contributed by atoms with Gasteiger partial charge in [0.15, 0.2) is 0 Å². The van der Waals surface area contributed by atoms with Crippen molar-refractivity contribution in [2.75, 3.05) is 0 Å². The van der Waals surface area contributed by atoms with Crippen LogP contribution >= 0.6 is 11.6 Å². The van der Waals surface area contributed by atoms with E-state index in [4.69, 9.17) is 16.7 Å². The molecule has 0 aliphatic carbocycles. The van der Waals surface area contributed by atoms with Crippen LogP contribution in [-0.2, 0) is 11.2 Å². The van der Waals surface area contributed by atoms with Crippen molar-refractivity contribution in [2.45, 2.75) is 6.42 Å². The lowest BCUT2D eigenvalue weighted by Gasteiger charge is -2.09. The summed E-state index contributed by atoms with van der Waals surface area (Å²) in [4.78, 5) is 14.8. The zero-order chi connectivity index (χ0) is 13.1. The van der Waals surface area contributed by atoms with E-state index in [2.05, 4.69) is 4.98 Å². The molecule has 0 atom stereocenters. The van der Waals surface area contributed by atoms with Crippen LogP contribution in [0.5, 0.6) is 0 Å². The standard InChI is InChI=1S/C13H9ClFNO2/c14-12-7-16-6-11(10(12)5-13(17)18)8-1-3-9(15)4-2-8/h1-4,6-7H,5H2,(H,17,18). The van der Waals surface area contributed by atoms with Crippen molar-refractivity contribution in [3.63, 3.8) is 0 Å². The molecule has 0 amide bonds. The Morgan fingerprint density at radius 3 is 2.56 bits per heavy atom. The summed E-state index contributed by atoms with van der Waals surface area (Å²) in [6, 6.07) is 5.74. The normalized spacial score (nSPS) is 10.3. The molecule has 5 heteroatoms. The number of carboxylic acids is 1. The third-order valence-corrected chi connectivity index (χ3v) is 2.81. The molecule has 1 aromatic heterocycles. The van der Waals surface area contributed by atoms with E-state index in [9.17, 15) is 9.18 Å². The van der Waals surface area contributed by atoms with Crippen LogP contribution < -0.4 is 0 Å². The number of carboxylic acid groups (broad SMARTS) is 1. The molecule has 1 heterocycles. The Bertz CT molecular complexity index is 584. The molecule has 0 aliphatic rings. The molecule has 92 valence electrons. The minimum absolute atomic E-state index is 0.200. The van der Waals surface area contributed by atoms with E-state index < -0.39 is 5.97 Å². The van der Waals surface area contributed by atoms with Gasteiger partial charge in [-0.05, 0) is 23.3 Å². The Morgan fingerprint density at radius 2 is 1.94 bits per heavy atom. The summed E-state index contributed by atoms with van der Waals surface area (Å²) in [5, 5.41) is 9.16. The molecule has 0 bridgehead atoms. The zero-order valence-corrected chi connectivity index (χ0v) is 9.99. The van der Waals surface area contributed by atoms with E-state index in [0.717, 1.165) is 0 Å². The molecule has 0 unspecified atom stereocenters. The third kappa shape index (κ3) is 2.65. The van der Waals surface area contributed by atoms with Crippen LogP contribution in [0.2, 0.25) is 5.02 Å². The number of hydrogen-bond acceptors (Lipinski definition) is 2. The van der Waals surface area contributed by atoms with E-state index in [0.29, 0.717) is 21.7 Å². The molecule has 3 nitrogen and oxygen atoms in total. The summed E-state index contributed by atoms with van der Waals surface area (Å²) >= 11 is 5.95. The predicted octanol–water partition coefficient (Wildman–Crippen LogP) is 3.17. The molecule has 1 N–H and O–H groups in total. The molecule has 0 spiro atoms. The lowest BCUT2D eigenvalue weighted by atomic mass is 10.00. The molecule has 0 saturated heterocycles. The van der Waals surface area contributed by atoms with Gasteiger partial charge in [0.25, 0.3) is 0 Å². The molecule has 18 heavy (non-hydrogen) atoms. The van der Waals surface area contributed by atoms with Gasteiger partial charge in [0.2, 0.25) is 0 Å². The fraction of sp³-hybridized carbons (Fsp3) is 0.0769. The van der Waals surface area contributed by atoms with Gasteiger partial charge < -0.3 is 5.11 Å². The summed E-state index contributed by atoms with van der Waals surface area (Å²) in [5.74, 6) is -1.33. The van der Waals surface area contributed by atoms with E-state index in [1.165, 1.54) is 24.5 Å². The smallest absolute Gasteiger partial charge is 0.307 e. The van der Waals surface area contributed by atoms with Crippen molar-refractivity contribution in [2.24, 2.45) is 0 Å². The zero-order valence-electron chi connectivity index (χ0n) is 9.23. The second-order valence-electron chi connectivity index (χ2n) is 3.72. The lowest BCUT2D eigenvalue weighted by molar-refractivity contribution is -0.136. The van der Waals surface area contributed by atoms with E-state index >= 15 is 0 Å². The quantitative estimate of drug-likeness (QED) is 0.927. The van der Waals surface area contributed by atoms with Crippen LogP contribution in [0.25, 0.3) is 11.1 Å². The minimum Gasteiger partial charge on any atom is -0.481 e. The van der Waals surface area contributed by atoms with Gasteiger partial charge >= 0.3 is 5.97 Å². The number of carbonyl (C=O) groups is 1. The maximum Gasteiger partial charge on any atom is 0.307 e. The van der Waals surface area contributed by atoms with Crippen LogP contribution in [0, 0.1) is 5.82 Å². The topological polar surface area (TPSA) is 50.2 Å². The average molecular weight is 266 g/mol. The highest BCUT2D eigenvalue weighted by Gasteiger charge is 2.13. The summed E-state index contributed by atoms with van der Waals surface area (Å²) in [6.07, 6.45) is 2.72. The molecule has 0 saturated carbocycles. The first-order chi connectivity index (χ1) is 8.58. The minimum atomic E-state index is -0.980. The maximum atomic E-state index is 12.9. The van der Waals surface area contributed by atoms with Gasteiger partial charge in [0.05, 0.1) is 11.4 Å². The van der Waals surface area contributed by atoms with Crippen LogP contribution in [-0.4, -0.2) is 16.1 Å². The van der Waals surface area contributed by atoms with Gasteiger partial charge in [-0.2, -0.15) is 0 Å². The van der Waals surface area contributed by atoms with Gasteiger partial charge in [0, 0.05) is 18.0 Å². The molecule has 1 aromatic carbocycles. The number of aromatic nitrogens is 1. The van der Waals surface area contributed by atoms with Crippen molar-refractivity contribution in [1.82, 2.24) is 4.98 Å². The van der Waals surface area contributed by atoms with Crippen LogP contribution in [0.15, 0.2) is 36.7 Å². The first-order valence-electron chi connectivity index (χ1n) is 5.18. The van der Waals surface area contributed by atoms with Crippen molar-refractivity contribution in [3.05, 3.63) is 53.1 Å². The third-order valence-electron chi connectivity index (χ3n) is 2.49. The van der Waals surface area contributed by atoms with Gasteiger partial charge in [-0.15, -0.1) is 0 Å². The highest BCUT2D eigenvalue weighted by Crippen LogP contribution is 2.28. The van der Waals surface area contributed by atoms with E-state index in [-0.39, 0.29) is 12.2 Å². The summed E-state index contributed by atoms with van der Waals surface area (Å²) in [7, 11) is 0. The predicted molar refractivity (Wildman–Crippen MR) is 66.0 cm³/mol. The summed E-state index contributed by atoms with van der Waals surface area (Å²) in [6.45, 7) is 0. The number of rotatable bonds is 3. The highest BCUT2D eigenvalue weighted by molar-refractivity contribution is 6.31. The second-order valence-corrected chi connectivity index (χ2v) is 4.13. The Balaban J connectivity index is 2.53. The largest absolute Gasteiger partial charge is 0.481 e. The first kappa shape index (κ1) is 12.5. The van der Waals surface area contributed by atoms with Crippen LogP contribution in [0.1, 0.15) is 5.56 Å². The Labute approximate surface area is 108 Å². The second kappa shape index (κ2) is 5.14. The fourth-order valence-electron chi connectivity index (χ4n) is 1.67. The first-order valence-corrected chi connectivity index (χ1v) is 5.56. The van der Waals surface area contributed by atoms with Crippen molar-refractivity contribution in [3.8, 4) is 11.1 Å². The Hall–Kier alpha value is -1.94. The molecule has 2 rings (SSSR count). The lowest BCUT2D eigenvalue weighted by Crippen LogP contribution is -2.03. The van der Waals surface area contributed by atoms with E-state index in [1.54, 1.807) is 12.1 Å². The molecule has 0 fully saturated rings. The Kier molecular flexibility index (Phi) is 3.58. The molecule has 0 radical (unpaired) electrons.